The average Bonchev–Trinajstić information content (AvgIpc) is 3.46. The molecule has 0 aliphatic carbocycles. The van der Waals surface area contributed by atoms with Gasteiger partial charge in [-0.05, 0) is 0 Å². The van der Waals surface area contributed by atoms with Crippen LogP contribution in [0.2, 0.25) is 0 Å². The number of carbonyl (C=O) groups excluding carboxylic acids is 1. The Morgan fingerprint density at radius 1 is 1.19 bits per heavy atom. The lowest BCUT2D eigenvalue weighted by molar-refractivity contribution is -0.118. The molecule has 3 heterocycles. The van der Waals surface area contributed by atoms with Gasteiger partial charge in [-0.15, -0.1) is 17.9 Å². The van der Waals surface area contributed by atoms with Gasteiger partial charge in [0, 0.05) is 44.5 Å². The second kappa shape index (κ2) is 8.75. The molecule has 4 aromatic rings. The molecule has 32 heavy (non-hydrogen) atoms. The van der Waals surface area contributed by atoms with Crippen LogP contribution in [0.25, 0.3) is 22.4 Å². The molecule has 0 atom stereocenters. The Balaban J connectivity index is 1.58. The van der Waals surface area contributed by atoms with E-state index in [9.17, 15) is 14.4 Å². The van der Waals surface area contributed by atoms with Crippen LogP contribution in [0.1, 0.15) is 6.42 Å². The highest BCUT2D eigenvalue weighted by atomic mass is 32.1. The molecule has 3 aromatic heterocycles. The second-order valence-electron chi connectivity index (χ2n) is 7.24. The number of aromatic nitrogens is 5. The number of amides is 1. The summed E-state index contributed by atoms with van der Waals surface area (Å²) in [6, 6.07) is 9.76. The first kappa shape index (κ1) is 21.4. The van der Waals surface area contributed by atoms with Gasteiger partial charge in [0.1, 0.15) is 0 Å². The lowest BCUT2D eigenvalue weighted by Crippen LogP contribution is -2.37. The fourth-order valence-corrected chi connectivity index (χ4v) is 4.32. The smallest absolute Gasteiger partial charge is 0.324 e. The number of hydrogen-bond acceptors (Lipinski definition) is 6. The van der Waals surface area contributed by atoms with Gasteiger partial charge < -0.3 is 4.57 Å². The molecule has 0 saturated heterocycles. The predicted molar refractivity (Wildman–Crippen MR) is 125 cm³/mol. The molecule has 0 radical (unpaired) electrons. The molecule has 164 valence electrons. The summed E-state index contributed by atoms with van der Waals surface area (Å²) in [6.45, 7) is 4.32. The van der Waals surface area contributed by atoms with E-state index in [1.54, 1.807) is 22.6 Å². The van der Waals surface area contributed by atoms with E-state index in [1.165, 1.54) is 29.3 Å². The molecule has 1 amide bonds. The molecular formula is C22H22N6O3S. The molecule has 0 fully saturated rings. The molecule has 4 rings (SSSR count). The van der Waals surface area contributed by atoms with Crippen LogP contribution in [-0.2, 0) is 25.4 Å². The van der Waals surface area contributed by atoms with Crippen LogP contribution in [0.3, 0.4) is 0 Å². The summed E-state index contributed by atoms with van der Waals surface area (Å²) in [6.07, 6.45) is 3.26. The van der Waals surface area contributed by atoms with Crippen molar-refractivity contribution in [3.8, 4) is 11.3 Å². The quantitative estimate of drug-likeness (QED) is 0.402. The molecule has 10 heteroatoms. The number of benzene rings is 1. The number of rotatable bonds is 7. The molecule has 1 aromatic carbocycles. The number of hydrogen-bond donors (Lipinski definition) is 0. The van der Waals surface area contributed by atoms with E-state index >= 15 is 0 Å². The lowest BCUT2D eigenvalue weighted by Gasteiger charge is -2.18. The number of fused-ring (bicyclic) bond motifs is 1. The lowest BCUT2D eigenvalue weighted by atomic mass is 10.2. The van der Waals surface area contributed by atoms with Gasteiger partial charge in [0.15, 0.2) is 16.3 Å². The molecular weight excluding hydrogens is 428 g/mol. The monoisotopic (exact) mass is 450 g/mol. The topological polar surface area (TPSA) is 95.0 Å². The van der Waals surface area contributed by atoms with Crippen molar-refractivity contribution in [3.63, 3.8) is 0 Å². The van der Waals surface area contributed by atoms with Crippen LogP contribution in [-0.4, -0.2) is 36.1 Å². The Hall–Kier alpha value is -3.79. The minimum atomic E-state index is -0.445. The first-order valence-corrected chi connectivity index (χ1v) is 10.8. The molecule has 0 unspecified atom stereocenters. The average molecular weight is 451 g/mol. The zero-order chi connectivity index (χ0) is 22.8. The van der Waals surface area contributed by atoms with Crippen LogP contribution in [0, 0.1) is 0 Å². The molecule has 0 N–H and O–H groups in total. The number of anilines is 1. The predicted octanol–water partition coefficient (Wildman–Crippen LogP) is 2.17. The minimum Gasteiger partial charge on any atom is -0.324 e. The summed E-state index contributed by atoms with van der Waals surface area (Å²) in [7, 11) is 2.98. The fraction of sp³-hybridized carbons (Fsp3) is 0.227. The van der Waals surface area contributed by atoms with Crippen LogP contribution in [0.5, 0.6) is 0 Å². The largest absolute Gasteiger partial charge is 0.332 e. The van der Waals surface area contributed by atoms with Crippen LogP contribution in [0.4, 0.5) is 5.13 Å². The maximum Gasteiger partial charge on any atom is 0.332 e. The van der Waals surface area contributed by atoms with Crippen molar-refractivity contribution in [2.45, 2.75) is 13.0 Å². The Bertz CT molecular complexity index is 1410. The highest BCUT2D eigenvalue weighted by Gasteiger charge is 2.20. The number of thiazole rings is 1. The summed E-state index contributed by atoms with van der Waals surface area (Å²) in [5.41, 5.74) is 1.48. The highest BCUT2D eigenvalue weighted by Crippen LogP contribution is 2.27. The third-order valence-corrected chi connectivity index (χ3v) is 6.05. The van der Waals surface area contributed by atoms with Crippen molar-refractivity contribution >= 4 is 33.5 Å². The first-order chi connectivity index (χ1) is 15.4. The molecule has 0 aliphatic rings. The second-order valence-corrected chi connectivity index (χ2v) is 8.08. The van der Waals surface area contributed by atoms with E-state index in [0.29, 0.717) is 22.8 Å². The van der Waals surface area contributed by atoms with Crippen molar-refractivity contribution in [1.29, 1.82) is 0 Å². The van der Waals surface area contributed by atoms with E-state index < -0.39 is 11.2 Å². The molecule has 0 spiro atoms. The van der Waals surface area contributed by atoms with Gasteiger partial charge in [-0.25, -0.2) is 14.8 Å². The van der Waals surface area contributed by atoms with E-state index in [4.69, 9.17) is 0 Å². The van der Waals surface area contributed by atoms with Crippen molar-refractivity contribution in [1.82, 2.24) is 23.7 Å². The number of imidazole rings is 1. The van der Waals surface area contributed by atoms with Gasteiger partial charge in [-0.2, -0.15) is 0 Å². The van der Waals surface area contributed by atoms with Gasteiger partial charge in [-0.1, -0.05) is 36.4 Å². The van der Waals surface area contributed by atoms with E-state index in [2.05, 4.69) is 16.5 Å². The Morgan fingerprint density at radius 3 is 2.66 bits per heavy atom. The zero-order valence-electron chi connectivity index (χ0n) is 17.8. The first-order valence-electron chi connectivity index (χ1n) is 9.95. The Morgan fingerprint density at radius 2 is 1.94 bits per heavy atom. The summed E-state index contributed by atoms with van der Waals surface area (Å²) < 4.78 is 3.96. The normalized spacial score (nSPS) is 11.1. The molecule has 9 nitrogen and oxygen atoms in total. The number of carbonyl (C=O) groups is 1. The van der Waals surface area contributed by atoms with Gasteiger partial charge in [0.25, 0.3) is 5.56 Å². The maximum atomic E-state index is 13.1. The third kappa shape index (κ3) is 3.80. The Labute approximate surface area is 187 Å². The maximum absolute atomic E-state index is 13.1. The fourth-order valence-electron chi connectivity index (χ4n) is 3.46. The summed E-state index contributed by atoms with van der Waals surface area (Å²) in [4.78, 5) is 48.2. The van der Waals surface area contributed by atoms with Crippen molar-refractivity contribution in [3.05, 3.63) is 75.5 Å². The van der Waals surface area contributed by atoms with Crippen LogP contribution >= 0.6 is 11.3 Å². The Kier molecular flexibility index (Phi) is 5.87. The summed E-state index contributed by atoms with van der Waals surface area (Å²) >= 11 is 1.39. The highest BCUT2D eigenvalue weighted by molar-refractivity contribution is 7.14. The van der Waals surface area contributed by atoms with Crippen molar-refractivity contribution in [2.24, 2.45) is 14.1 Å². The van der Waals surface area contributed by atoms with Gasteiger partial charge in [0.05, 0.1) is 12.0 Å². The van der Waals surface area contributed by atoms with Crippen molar-refractivity contribution in [2.75, 3.05) is 11.4 Å². The van der Waals surface area contributed by atoms with Crippen LogP contribution in [0.15, 0.2) is 64.3 Å². The molecule has 0 aliphatic heterocycles. The van der Waals surface area contributed by atoms with E-state index in [1.807, 2.05) is 35.7 Å². The van der Waals surface area contributed by atoms with Crippen molar-refractivity contribution < 1.29 is 4.79 Å². The van der Waals surface area contributed by atoms with Crippen LogP contribution < -0.4 is 16.1 Å². The third-order valence-electron chi connectivity index (χ3n) is 5.19. The number of aryl methyl sites for hydroxylation is 2. The summed E-state index contributed by atoms with van der Waals surface area (Å²) in [5, 5.41) is 2.50. The molecule has 0 saturated carbocycles. The molecule has 0 bridgehead atoms. The van der Waals surface area contributed by atoms with Gasteiger partial charge >= 0.3 is 5.69 Å². The standard InChI is InChI=1S/C22H22N6O3S/c1-4-11-28(21-24-16(13-32-21)15-8-6-5-7-9-15)17(29)10-12-27-14-23-19-18(27)20(30)26(3)22(31)25(19)2/h4-9,13-14H,1,10-12H2,2-3H3. The van der Waals surface area contributed by atoms with Gasteiger partial charge in [0.2, 0.25) is 5.91 Å². The minimum absolute atomic E-state index is 0.131. The number of nitrogens with zero attached hydrogens (tertiary/aromatic N) is 6. The SMILES string of the molecule is C=CCN(C(=O)CCn1cnc2c1c(=O)n(C)c(=O)n2C)c1nc(-c2ccccc2)cs1. The van der Waals surface area contributed by atoms with E-state index in [0.717, 1.165) is 15.8 Å². The van der Waals surface area contributed by atoms with E-state index in [-0.39, 0.29) is 18.9 Å². The zero-order valence-corrected chi connectivity index (χ0v) is 18.6. The summed E-state index contributed by atoms with van der Waals surface area (Å²) in [5.74, 6) is -0.151. The van der Waals surface area contributed by atoms with Gasteiger partial charge in [-0.3, -0.25) is 23.6 Å².